The smallest absolute Gasteiger partial charge is 0.234 e. The van der Waals surface area contributed by atoms with Gasteiger partial charge in [0.2, 0.25) is 5.91 Å². The van der Waals surface area contributed by atoms with Gasteiger partial charge in [-0.1, -0.05) is 42.1 Å². The molecule has 6 nitrogen and oxygen atoms in total. The topological polar surface area (TPSA) is 72.7 Å². The van der Waals surface area contributed by atoms with Crippen molar-refractivity contribution in [2.75, 3.05) is 11.1 Å². The van der Waals surface area contributed by atoms with E-state index in [9.17, 15) is 4.79 Å². The molecule has 0 aliphatic heterocycles. The maximum atomic E-state index is 12.6. The van der Waals surface area contributed by atoms with Crippen LogP contribution in [0, 0.1) is 20.8 Å². The van der Waals surface area contributed by atoms with Gasteiger partial charge in [0.05, 0.1) is 22.1 Å². The van der Waals surface area contributed by atoms with Crippen LogP contribution in [-0.4, -0.2) is 31.4 Å². The average Bonchev–Trinajstić information content (AvgIpc) is 3.33. The van der Waals surface area contributed by atoms with Crippen molar-refractivity contribution < 1.29 is 4.79 Å². The molecule has 4 rings (SSSR count). The zero-order valence-electron chi connectivity index (χ0n) is 16.9. The number of carbonyl (C=O) groups excluding carboxylic acids is 1. The highest BCUT2D eigenvalue weighted by atomic mass is 32.2. The molecule has 0 radical (unpaired) electrons. The van der Waals surface area contributed by atoms with Gasteiger partial charge in [0.15, 0.2) is 5.16 Å². The SMILES string of the molecule is Cc1nc(-c2cccc(NC(=O)CSc3nnc(C)n3-c3ccccc3C)c2)cs1. The molecule has 0 saturated carbocycles. The summed E-state index contributed by atoms with van der Waals surface area (Å²) in [6, 6.07) is 15.8. The minimum Gasteiger partial charge on any atom is -0.325 e. The number of anilines is 1. The fourth-order valence-electron chi connectivity index (χ4n) is 3.11. The maximum Gasteiger partial charge on any atom is 0.234 e. The molecule has 4 aromatic rings. The first-order valence-corrected chi connectivity index (χ1v) is 11.3. The van der Waals surface area contributed by atoms with E-state index < -0.39 is 0 Å². The van der Waals surface area contributed by atoms with Crippen molar-refractivity contribution in [2.45, 2.75) is 25.9 Å². The summed E-state index contributed by atoms with van der Waals surface area (Å²) >= 11 is 2.98. The number of benzene rings is 2. The Morgan fingerprint density at radius 2 is 1.93 bits per heavy atom. The Balaban J connectivity index is 1.45. The first-order valence-electron chi connectivity index (χ1n) is 9.44. The molecule has 0 unspecified atom stereocenters. The van der Waals surface area contributed by atoms with Crippen LogP contribution in [0.25, 0.3) is 16.9 Å². The highest BCUT2D eigenvalue weighted by molar-refractivity contribution is 7.99. The molecule has 1 N–H and O–H groups in total. The molecule has 0 bridgehead atoms. The van der Waals surface area contributed by atoms with Crippen LogP contribution in [0.15, 0.2) is 59.1 Å². The van der Waals surface area contributed by atoms with Crippen molar-refractivity contribution in [1.82, 2.24) is 19.7 Å². The predicted octanol–water partition coefficient (Wildman–Crippen LogP) is 5.05. The van der Waals surface area contributed by atoms with E-state index in [0.29, 0.717) is 5.16 Å². The molecule has 152 valence electrons. The molecule has 0 aliphatic carbocycles. The normalized spacial score (nSPS) is 10.9. The molecule has 1 amide bonds. The van der Waals surface area contributed by atoms with E-state index in [1.807, 2.05) is 79.2 Å². The number of nitrogens with one attached hydrogen (secondary N) is 1. The lowest BCUT2D eigenvalue weighted by Crippen LogP contribution is -2.14. The first-order chi connectivity index (χ1) is 14.5. The highest BCUT2D eigenvalue weighted by Crippen LogP contribution is 2.26. The van der Waals surface area contributed by atoms with Crippen molar-refractivity contribution in [1.29, 1.82) is 0 Å². The third-order valence-electron chi connectivity index (χ3n) is 4.54. The molecule has 0 fully saturated rings. The summed E-state index contributed by atoms with van der Waals surface area (Å²) in [5.74, 6) is 0.936. The second-order valence-electron chi connectivity index (χ2n) is 6.82. The summed E-state index contributed by atoms with van der Waals surface area (Å²) in [6.45, 7) is 5.94. The van der Waals surface area contributed by atoms with Crippen LogP contribution in [0.2, 0.25) is 0 Å². The van der Waals surface area contributed by atoms with Crippen LogP contribution in [0.3, 0.4) is 0 Å². The van der Waals surface area contributed by atoms with Gasteiger partial charge in [0.25, 0.3) is 0 Å². The first kappa shape index (κ1) is 20.3. The number of amides is 1. The third kappa shape index (κ3) is 4.44. The minimum atomic E-state index is -0.0939. The number of nitrogens with zero attached hydrogens (tertiary/aromatic N) is 4. The van der Waals surface area contributed by atoms with Crippen LogP contribution in [0.5, 0.6) is 0 Å². The summed E-state index contributed by atoms with van der Waals surface area (Å²) in [7, 11) is 0. The van der Waals surface area contributed by atoms with E-state index >= 15 is 0 Å². The Hall–Kier alpha value is -2.97. The Morgan fingerprint density at radius 3 is 2.70 bits per heavy atom. The number of carbonyl (C=O) groups is 1. The van der Waals surface area contributed by atoms with Crippen molar-refractivity contribution in [3.8, 4) is 16.9 Å². The van der Waals surface area contributed by atoms with Crippen molar-refractivity contribution >= 4 is 34.7 Å². The van der Waals surface area contributed by atoms with Gasteiger partial charge < -0.3 is 5.32 Å². The summed E-state index contributed by atoms with van der Waals surface area (Å²) in [4.78, 5) is 17.1. The second-order valence-corrected chi connectivity index (χ2v) is 8.83. The molecular weight excluding hydrogens is 414 g/mol. The van der Waals surface area contributed by atoms with Crippen LogP contribution < -0.4 is 5.32 Å². The molecule has 2 heterocycles. The van der Waals surface area contributed by atoms with E-state index in [4.69, 9.17) is 0 Å². The van der Waals surface area contributed by atoms with E-state index in [-0.39, 0.29) is 11.7 Å². The van der Waals surface area contributed by atoms with Crippen molar-refractivity contribution in [2.24, 2.45) is 0 Å². The van der Waals surface area contributed by atoms with Gasteiger partial charge in [-0.2, -0.15) is 0 Å². The fourth-order valence-corrected chi connectivity index (χ4v) is 4.52. The number of rotatable bonds is 6. The zero-order chi connectivity index (χ0) is 21.1. The largest absolute Gasteiger partial charge is 0.325 e. The van der Waals surface area contributed by atoms with Crippen LogP contribution in [0.1, 0.15) is 16.4 Å². The zero-order valence-corrected chi connectivity index (χ0v) is 18.5. The lowest BCUT2D eigenvalue weighted by atomic mass is 10.1. The standard InChI is InChI=1S/C22H21N5OS2/c1-14-7-4-5-10-20(14)27-15(2)25-26-22(27)30-13-21(28)24-18-9-6-8-17(11-18)19-12-29-16(3)23-19/h4-12H,13H2,1-3H3,(H,24,28). The molecule has 0 atom stereocenters. The summed E-state index contributed by atoms with van der Waals surface area (Å²) < 4.78 is 1.98. The maximum absolute atomic E-state index is 12.6. The molecule has 30 heavy (non-hydrogen) atoms. The summed E-state index contributed by atoms with van der Waals surface area (Å²) in [5.41, 5.74) is 4.81. The highest BCUT2D eigenvalue weighted by Gasteiger charge is 2.15. The van der Waals surface area contributed by atoms with E-state index in [2.05, 4.69) is 20.5 Å². The fraction of sp³-hybridized carbons (Fsp3) is 0.182. The number of hydrogen-bond donors (Lipinski definition) is 1. The minimum absolute atomic E-state index is 0.0939. The molecule has 8 heteroatoms. The van der Waals surface area contributed by atoms with Crippen LogP contribution in [0.4, 0.5) is 5.69 Å². The number of thioether (sulfide) groups is 1. The van der Waals surface area contributed by atoms with E-state index in [1.54, 1.807) is 11.3 Å². The number of hydrogen-bond acceptors (Lipinski definition) is 6. The average molecular weight is 436 g/mol. The quantitative estimate of drug-likeness (QED) is 0.429. The Kier molecular flexibility index (Phi) is 5.96. The predicted molar refractivity (Wildman–Crippen MR) is 122 cm³/mol. The van der Waals surface area contributed by atoms with Crippen molar-refractivity contribution in [3.63, 3.8) is 0 Å². The van der Waals surface area contributed by atoms with Gasteiger partial charge in [-0.05, 0) is 44.5 Å². The molecule has 2 aromatic carbocycles. The lowest BCUT2D eigenvalue weighted by Gasteiger charge is -2.11. The van der Waals surface area contributed by atoms with Gasteiger partial charge in [-0.25, -0.2) is 4.98 Å². The molecule has 0 spiro atoms. The lowest BCUT2D eigenvalue weighted by molar-refractivity contribution is -0.113. The monoisotopic (exact) mass is 435 g/mol. The van der Waals surface area contributed by atoms with Crippen LogP contribution in [-0.2, 0) is 4.79 Å². The van der Waals surface area contributed by atoms with Crippen molar-refractivity contribution in [3.05, 3.63) is 70.3 Å². The molecule has 0 aliphatic rings. The van der Waals surface area contributed by atoms with Gasteiger partial charge in [-0.3, -0.25) is 9.36 Å². The Bertz CT molecular complexity index is 1200. The number of para-hydroxylation sites is 1. The van der Waals surface area contributed by atoms with Gasteiger partial charge in [0.1, 0.15) is 5.82 Å². The van der Waals surface area contributed by atoms with Crippen LogP contribution >= 0.6 is 23.1 Å². The van der Waals surface area contributed by atoms with Gasteiger partial charge in [0, 0.05) is 16.6 Å². The van der Waals surface area contributed by atoms with E-state index in [1.165, 1.54) is 11.8 Å². The Morgan fingerprint density at radius 1 is 1.10 bits per heavy atom. The molecule has 2 aromatic heterocycles. The van der Waals surface area contributed by atoms with Gasteiger partial charge >= 0.3 is 0 Å². The summed E-state index contributed by atoms with van der Waals surface area (Å²) in [6.07, 6.45) is 0. The number of aryl methyl sites for hydroxylation is 3. The summed E-state index contributed by atoms with van der Waals surface area (Å²) in [5, 5.41) is 15.2. The van der Waals surface area contributed by atoms with E-state index in [0.717, 1.165) is 39.0 Å². The molecule has 0 saturated heterocycles. The number of thiazole rings is 1. The van der Waals surface area contributed by atoms with Gasteiger partial charge in [-0.15, -0.1) is 21.5 Å². The Labute approximate surface area is 183 Å². The second kappa shape index (κ2) is 8.81. The molecular formula is C22H21N5OS2. The number of aromatic nitrogens is 4. The third-order valence-corrected chi connectivity index (χ3v) is 6.25.